The smallest absolute Gasteiger partial charge is 0.312 e. The number of carbonyl (C=O) groups excluding carboxylic acids is 1. The molecule has 0 radical (unpaired) electrons. The molecule has 3 heterocycles. The standard InChI is InChI=1S/C19H16N2O4S/c1-11-7-8-16(23-11)19-20-13(10-26-19)9-17(22)24-12(2)18-21-14-5-3-4-6-15(14)25-18/h3-8,10,12H,9H2,1-2H3. The number of benzene rings is 1. The van der Waals surface area contributed by atoms with Gasteiger partial charge in [-0.2, -0.15) is 0 Å². The highest BCUT2D eigenvalue weighted by molar-refractivity contribution is 7.13. The average Bonchev–Trinajstić information content (AvgIpc) is 3.33. The highest BCUT2D eigenvalue weighted by atomic mass is 32.1. The Morgan fingerprint density at radius 2 is 2.04 bits per heavy atom. The van der Waals surface area contributed by atoms with Crippen molar-refractivity contribution in [3.63, 3.8) is 0 Å². The van der Waals surface area contributed by atoms with Crippen LogP contribution in [-0.2, 0) is 16.0 Å². The van der Waals surface area contributed by atoms with E-state index in [-0.39, 0.29) is 12.4 Å². The summed E-state index contributed by atoms with van der Waals surface area (Å²) in [6, 6.07) is 11.2. The molecule has 0 spiro atoms. The number of fused-ring (bicyclic) bond motifs is 1. The second-order valence-corrected chi connectivity index (χ2v) is 6.74. The first kappa shape index (κ1) is 16.5. The molecule has 0 fully saturated rings. The van der Waals surface area contributed by atoms with Crippen molar-refractivity contribution < 1.29 is 18.4 Å². The van der Waals surface area contributed by atoms with E-state index in [0.717, 1.165) is 16.3 Å². The molecular formula is C19H16N2O4S. The maximum Gasteiger partial charge on any atom is 0.312 e. The van der Waals surface area contributed by atoms with Gasteiger partial charge in [-0.15, -0.1) is 11.3 Å². The van der Waals surface area contributed by atoms with Gasteiger partial charge in [0.25, 0.3) is 0 Å². The van der Waals surface area contributed by atoms with Crippen molar-refractivity contribution >= 4 is 28.4 Å². The van der Waals surface area contributed by atoms with Crippen LogP contribution < -0.4 is 0 Å². The zero-order valence-electron chi connectivity index (χ0n) is 14.3. The van der Waals surface area contributed by atoms with Crippen LogP contribution in [0, 0.1) is 6.92 Å². The fraction of sp³-hybridized carbons (Fsp3) is 0.211. The summed E-state index contributed by atoms with van der Waals surface area (Å²) in [5.74, 6) is 1.52. The van der Waals surface area contributed by atoms with Crippen molar-refractivity contribution in [3.05, 3.63) is 59.1 Å². The highest BCUT2D eigenvalue weighted by Gasteiger charge is 2.19. The molecule has 0 saturated heterocycles. The lowest BCUT2D eigenvalue weighted by atomic mass is 10.3. The predicted octanol–water partition coefficient (Wildman–Crippen LogP) is 4.70. The van der Waals surface area contributed by atoms with Crippen molar-refractivity contribution in [2.75, 3.05) is 0 Å². The van der Waals surface area contributed by atoms with Gasteiger partial charge >= 0.3 is 5.97 Å². The Bertz CT molecular complexity index is 1030. The molecule has 4 rings (SSSR count). The summed E-state index contributed by atoms with van der Waals surface area (Å²) in [6.45, 7) is 3.61. The monoisotopic (exact) mass is 368 g/mol. The number of furan rings is 1. The van der Waals surface area contributed by atoms with Crippen LogP contribution in [-0.4, -0.2) is 15.9 Å². The highest BCUT2D eigenvalue weighted by Crippen LogP contribution is 2.26. The first-order valence-corrected chi connectivity index (χ1v) is 9.02. The summed E-state index contributed by atoms with van der Waals surface area (Å²) in [5.41, 5.74) is 2.06. The maximum atomic E-state index is 12.2. The van der Waals surface area contributed by atoms with Crippen molar-refractivity contribution in [2.45, 2.75) is 26.4 Å². The topological polar surface area (TPSA) is 78.4 Å². The van der Waals surface area contributed by atoms with E-state index in [2.05, 4.69) is 9.97 Å². The lowest BCUT2D eigenvalue weighted by Gasteiger charge is -2.08. The summed E-state index contributed by atoms with van der Waals surface area (Å²) >= 11 is 1.43. The number of hydrogen-bond donors (Lipinski definition) is 0. The fourth-order valence-corrected chi connectivity index (χ4v) is 3.33. The van der Waals surface area contributed by atoms with Crippen LogP contribution in [0.1, 0.15) is 30.4 Å². The molecule has 1 atom stereocenters. The van der Waals surface area contributed by atoms with Gasteiger partial charge in [0, 0.05) is 5.38 Å². The summed E-state index contributed by atoms with van der Waals surface area (Å²) in [7, 11) is 0. The molecule has 0 N–H and O–H groups in total. The first-order valence-electron chi connectivity index (χ1n) is 8.14. The number of hydrogen-bond acceptors (Lipinski definition) is 7. The Balaban J connectivity index is 1.41. The third-order valence-corrected chi connectivity index (χ3v) is 4.70. The Kier molecular flexibility index (Phi) is 4.30. The summed E-state index contributed by atoms with van der Waals surface area (Å²) in [6.07, 6.45) is -0.485. The predicted molar refractivity (Wildman–Crippen MR) is 96.8 cm³/mol. The number of para-hydroxylation sites is 2. The molecule has 132 valence electrons. The molecule has 0 amide bonds. The normalized spacial score (nSPS) is 12.4. The average molecular weight is 368 g/mol. The van der Waals surface area contributed by atoms with Crippen molar-refractivity contribution in [1.29, 1.82) is 0 Å². The number of thiazole rings is 1. The molecule has 7 heteroatoms. The van der Waals surface area contributed by atoms with Gasteiger partial charge in [-0.1, -0.05) is 12.1 Å². The Labute approximate surface area is 153 Å². The molecule has 0 bridgehead atoms. The van der Waals surface area contributed by atoms with Gasteiger partial charge in [0.15, 0.2) is 22.5 Å². The van der Waals surface area contributed by atoms with Crippen LogP contribution >= 0.6 is 11.3 Å². The number of esters is 1. The van der Waals surface area contributed by atoms with Crippen LogP contribution in [0.25, 0.3) is 21.9 Å². The van der Waals surface area contributed by atoms with Gasteiger partial charge in [0.2, 0.25) is 5.89 Å². The van der Waals surface area contributed by atoms with Crippen LogP contribution in [0.4, 0.5) is 0 Å². The Morgan fingerprint density at radius 3 is 2.81 bits per heavy atom. The number of rotatable bonds is 5. The first-order chi connectivity index (χ1) is 12.6. The van der Waals surface area contributed by atoms with Gasteiger partial charge in [0.1, 0.15) is 11.3 Å². The Morgan fingerprint density at radius 1 is 1.19 bits per heavy atom. The van der Waals surface area contributed by atoms with E-state index in [1.54, 1.807) is 6.92 Å². The number of aromatic nitrogens is 2. The second-order valence-electron chi connectivity index (χ2n) is 5.88. The minimum atomic E-state index is -0.569. The van der Waals surface area contributed by atoms with Crippen molar-refractivity contribution in [3.8, 4) is 10.8 Å². The van der Waals surface area contributed by atoms with Crippen LogP contribution in [0.2, 0.25) is 0 Å². The lowest BCUT2D eigenvalue weighted by molar-refractivity contribution is -0.148. The third kappa shape index (κ3) is 3.39. The largest absolute Gasteiger partial charge is 0.459 e. The molecule has 4 aromatic rings. The number of aryl methyl sites for hydroxylation is 1. The zero-order chi connectivity index (χ0) is 18.1. The van der Waals surface area contributed by atoms with E-state index in [9.17, 15) is 4.79 Å². The van der Waals surface area contributed by atoms with E-state index in [0.29, 0.717) is 22.9 Å². The van der Waals surface area contributed by atoms with E-state index in [1.165, 1.54) is 11.3 Å². The van der Waals surface area contributed by atoms with E-state index >= 15 is 0 Å². The van der Waals surface area contributed by atoms with Crippen LogP contribution in [0.5, 0.6) is 0 Å². The SMILES string of the molecule is Cc1ccc(-c2nc(CC(=O)OC(C)c3nc4ccccc4o3)cs2)o1. The van der Waals surface area contributed by atoms with Gasteiger partial charge in [0.05, 0.1) is 12.1 Å². The van der Waals surface area contributed by atoms with Crippen LogP contribution in [0.15, 0.2) is 50.6 Å². The molecule has 3 aromatic heterocycles. The van der Waals surface area contributed by atoms with Gasteiger partial charge in [-0.05, 0) is 38.1 Å². The number of oxazole rings is 1. The molecule has 0 aliphatic rings. The van der Waals surface area contributed by atoms with Crippen molar-refractivity contribution in [1.82, 2.24) is 9.97 Å². The maximum absolute atomic E-state index is 12.2. The number of carbonyl (C=O) groups is 1. The van der Waals surface area contributed by atoms with Crippen LogP contribution in [0.3, 0.4) is 0 Å². The zero-order valence-corrected chi connectivity index (χ0v) is 15.1. The summed E-state index contributed by atoms with van der Waals surface area (Å²) in [4.78, 5) is 21.0. The Hall–Kier alpha value is -2.93. The molecule has 0 saturated carbocycles. The quantitative estimate of drug-likeness (QED) is 0.475. The minimum Gasteiger partial charge on any atom is -0.459 e. The molecule has 1 unspecified atom stereocenters. The van der Waals surface area contributed by atoms with Gasteiger partial charge < -0.3 is 13.6 Å². The lowest BCUT2D eigenvalue weighted by Crippen LogP contribution is -2.11. The van der Waals surface area contributed by atoms with Crippen molar-refractivity contribution in [2.24, 2.45) is 0 Å². The van der Waals surface area contributed by atoms with E-state index in [1.807, 2.05) is 48.7 Å². The molecule has 26 heavy (non-hydrogen) atoms. The molecule has 6 nitrogen and oxygen atoms in total. The number of nitrogens with zero attached hydrogens (tertiary/aromatic N) is 2. The number of ether oxygens (including phenoxy) is 1. The summed E-state index contributed by atoms with van der Waals surface area (Å²) in [5, 5.41) is 2.58. The molecular weight excluding hydrogens is 352 g/mol. The minimum absolute atomic E-state index is 0.0841. The van der Waals surface area contributed by atoms with E-state index < -0.39 is 6.10 Å². The molecule has 1 aromatic carbocycles. The van der Waals surface area contributed by atoms with Gasteiger partial charge in [-0.25, -0.2) is 9.97 Å². The second kappa shape index (κ2) is 6.76. The van der Waals surface area contributed by atoms with Gasteiger partial charge in [-0.3, -0.25) is 4.79 Å². The molecule has 0 aliphatic carbocycles. The molecule has 0 aliphatic heterocycles. The van der Waals surface area contributed by atoms with E-state index in [4.69, 9.17) is 13.6 Å². The summed E-state index contributed by atoms with van der Waals surface area (Å²) < 4.78 is 16.6. The third-order valence-electron chi connectivity index (χ3n) is 3.79. The fourth-order valence-electron chi connectivity index (χ4n) is 2.55.